The van der Waals surface area contributed by atoms with Crippen LogP contribution in [0.2, 0.25) is 0 Å². The molecule has 0 aromatic carbocycles. The summed E-state index contributed by atoms with van der Waals surface area (Å²) < 4.78 is 5.17. The number of morpholine rings is 1. The molecular weight excluding hydrogens is 200 g/mol. The fourth-order valence-electron chi connectivity index (χ4n) is 1.46. The van der Waals surface area contributed by atoms with Crippen molar-refractivity contribution in [3.63, 3.8) is 0 Å². The number of ether oxygens (including phenoxy) is 1. The highest BCUT2D eigenvalue weighted by Gasteiger charge is 2.22. The van der Waals surface area contributed by atoms with E-state index in [-0.39, 0.29) is 5.69 Å². The number of nitro groups is 1. The van der Waals surface area contributed by atoms with Gasteiger partial charge in [-0.25, -0.2) is 9.97 Å². The summed E-state index contributed by atoms with van der Waals surface area (Å²) >= 11 is 0. The first-order valence-electron chi connectivity index (χ1n) is 4.56. The van der Waals surface area contributed by atoms with Gasteiger partial charge in [0.2, 0.25) is 5.82 Å². The van der Waals surface area contributed by atoms with Gasteiger partial charge in [-0.15, -0.1) is 0 Å². The van der Waals surface area contributed by atoms with Crippen molar-refractivity contribution in [2.45, 2.75) is 0 Å². The number of nitrogens with zero attached hydrogens (tertiary/aromatic N) is 4. The summed E-state index contributed by atoms with van der Waals surface area (Å²) in [5, 5.41) is 10.7. The average Bonchev–Trinajstić information content (AvgIpc) is 2.30. The average molecular weight is 210 g/mol. The number of aromatic nitrogens is 2. The molecule has 7 heteroatoms. The molecule has 0 N–H and O–H groups in total. The molecule has 1 aromatic rings. The van der Waals surface area contributed by atoms with Crippen LogP contribution in [0.3, 0.4) is 0 Å². The zero-order valence-corrected chi connectivity index (χ0v) is 8.00. The Morgan fingerprint density at radius 3 is 2.87 bits per heavy atom. The minimum atomic E-state index is -0.467. The van der Waals surface area contributed by atoms with Crippen molar-refractivity contribution >= 4 is 11.5 Å². The Labute approximate surface area is 85.9 Å². The van der Waals surface area contributed by atoms with Crippen molar-refractivity contribution < 1.29 is 9.66 Å². The zero-order chi connectivity index (χ0) is 10.7. The maximum absolute atomic E-state index is 10.7. The number of hydrogen-bond donors (Lipinski definition) is 0. The van der Waals surface area contributed by atoms with E-state index in [0.29, 0.717) is 32.1 Å². The normalized spacial score (nSPS) is 16.4. The Bertz CT molecular complexity index is 365. The zero-order valence-electron chi connectivity index (χ0n) is 8.00. The summed E-state index contributed by atoms with van der Waals surface area (Å²) in [4.78, 5) is 19.7. The van der Waals surface area contributed by atoms with Crippen LogP contribution in [0.15, 0.2) is 12.5 Å². The van der Waals surface area contributed by atoms with Gasteiger partial charge in [-0.05, 0) is 0 Å². The molecular formula is C8H10N4O3. The molecule has 2 heterocycles. The van der Waals surface area contributed by atoms with E-state index in [0.717, 1.165) is 0 Å². The van der Waals surface area contributed by atoms with E-state index < -0.39 is 4.92 Å². The first-order valence-corrected chi connectivity index (χ1v) is 4.56. The molecule has 0 radical (unpaired) electrons. The smallest absolute Gasteiger partial charge is 0.329 e. The third-order valence-corrected chi connectivity index (χ3v) is 2.18. The Balaban J connectivity index is 2.29. The van der Waals surface area contributed by atoms with Gasteiger partial charge in [-0.2, -0.15) is 0 Å². The van der Waals surface area contributed by atoms with Crippen LogP contribution in [-0.2, 0) is 4.74 Å². The number of rotatable bonds is 2. The van der Waals surface area contributed by atoms with Crippen LogP contribution in [-0.4, -0.2) is 41.2 Å². The third-order valence-electron chi connectivity index (χ3n) is 2.18. The molecule has 0 saturated carbocycles. The highest BCUT2D eigenvalue weighted by atomic mass is 16.6. The molecule has 15 heavy (non-hydrogen) atoms. The molecule has 7 nitrogen and oxygen atoms in total. The molecule has 1 aliphatic heterocycles. The third kappa shape index (κ3) is 2.01. The monoisotopic (exact) mass is 210 g/mol. The summed E-state index contributed by atoms with van der Waals surface area (Å²) in [6, 6.07) is 0. The molecule has 1 aromatic heterocycles. The lowest BCUT2D eigenvalue weighted by atomic mass is 10.3. The number of anilines is 1. The second-order valence-electron chi connectivity index (χ2n) is 3.09. The van der Waals surface area contributed by atoms with Crippen molar-refractivity contribution in [2.24, 2.45) is 0 Å². The van der Waals surface area contributed by atoms with Gasteiger partial charge in [-0.1, -0.05) is 0 Å². The van der Waals surface area contributed by atoms with Gasteiger partial charge in [0, 0.05) is 13.1 Å². The van der Waals surface area contributed by atoms with Crippen LogP contribution in [0.4, 0.5) is 11.5 Å². The largest absolute Gasteiger partial charge is 0.378 e. The van der Waals surface area contributed by atoms with E-state index >= 15 is 0 Å². The molecule has 0 bridgehead atoms. The predicted octanol–water partition coefficient (Wildman–Crippen LogP) is 0.221. The van der Waals surface area contributed by atoms with Gasteiger partial charge >= 0.3 is 5.69 Å². The highest BCUT2D eigenvalue weighted by molar-refractivity contribution is 5.56. The van der Waals surface area contributed by atoms with Crippen LogP contribution >= 0.6 is 0 Å². The van der Waals surface area contributed by atoms with Gasteiger partial charge in [0.05, 0.1) is 18.1 Å². The van der Waals surface area contributed by atoms with Crippen molar-refractivity contribution in [3.8, 4) is 0 Å². The molecule has 2 rings (SSSR count). The van der Waals surface area contributed by atoms with Gasteiger partial charge < -0.3 is 9.64 Å². The minimum absolute atomic E-state index is 0.0561. The molecule has 1 fully saturated rings. The SMILES string of the molecule is O=[N+]([O-])c1cncnc1N1CCOCC1. The predicted molar refractivity (Wildman–Crippen MR) is 51.7 cm³/mol. The Morgan fingerprint density at radius 1 is 1.47 bits per heavy atom. The van der Waals surface area contributed by atoms with E-state index in [2.05, 4.69) is 9.97 Å². The molecule has 1 saturated heterocycles. The first kappa shape index (κ1) is 9.78. The summed E-state index contributed by atoms with van der Waals surface area (Å²) in [5.41, 5.74) is -0.0561. The quantitative estimate of drug-likeness (QED) is 0.513. The fraction of sp³-hybridized carbons (Fsp3) is 0.500. The Morgan fingerprint density at radius 2 is 2.20 bits per heavy atom. The fourth-order valence-corrected chi connectivity index (χ4v) is 1.46. The maximum atomic E-state index is 10.7. The second kappa shape index (κ2) is 4.18. The molecule has 0 unspecified atom stereocenters. The lowest BCUT2D eigenvalue weighted by molar-refractivity contribution is -0.384. The van der Waals surface area contributed by atoms with Crippen molar-refractivity contribution in [3.05, 3.63) is 22.6 Å². The lowest BCUT2D eigenvalue weighted by Gasteiger charge is -2.26. The molecule has 80 valence electrons. The van der Waals surface area contributed by atoms with E-state index in [1.807, 2.05) is 4.90 Å². The van der Waals surface area contributed by atoms with Crippen LogP contribution in [0.25, 0.3) is 0 Å². The first-order chi connectivity index (χ1) is 7.29. The number of hydrogen-bond acceptors (Lipinski definition) is 6. The van der Waals surface area contributed by atoms with Crippen LogP contribution in [0, 0.1) is 10.1 Å². The van der Waals surface area contributed by atoms with Crippen LogP contribution in [0.1, 0.15) is 0 Å². The van der Waals surface area contributed by atoms with Gasteiger partial charge in [0.15, 0.2) is 0 Å². The topological polar surface area (TPSA) is 81.4 Å². The Hall–Kier alpha value is -1.76. The second-order valence-corrected chi connectivity index (χ2v) is 3.09. The molecule has 0 amide bonds. The summed E-state index contributed by atoms with van der Waals surface area (Å²) in [5.74, 6) is 0.373. The molecule has 0 aliphatic carbocycles. The van der Waals surface area contributed by atoms with Gasteiger partial charge in [0.1, 0.15) is 12.5 Å². The van der Waals surface area contributed by atoms with Gasteiger partial charge in [0.25, 0.3) is 0 Å². The van der Waals surface area contributed by atoms with E-state index in [9.17, 15) is 10.1 Å². The van der Waals surface area contributed by atoms with E-state index in [4.69, 9.17) is 4.74 Å². The molecule has 0 spiro atoms. The maximum Gasteiger partial charge on any atom is 0.329 e. The standard InChI is InChI=1S/C8H10N4O3/c13-12(14)7-5-9-6-10-8(7)11-1-3-15-4-2-11/h5-6H,1-4H2. The molecule has 0 atom stereocenters. The highest BCUT2D eigenvalue weighted by Crippen LogP contribution is 2.24. The van der Waals surface area contributed by atoms with Gasteiger partial charge in [-0.3, -0.25) is 10.1 Å². The van der Waals surface area contributed by atoms with Crippen molar-refractivity contribution in [1.29, 1.82) is 0 Å². The Kier molecular flexibility index (Phi) is 2.72. The van der Waals surface area contributed by atoms with Crippen LogP contribution < -0.4 is 4.90 Å². The van der Waals surface area contributed by atoms with E-state index in [1.165, 1.54) is 12.5 Å². The lowest BCUT2D eigenvalue weighted by Crippen LogP contribution is -2.37. The summed E-state index contributed by atoms with van der Waals surface area (Å²) in [7, 11) is 0. The molecule has 1 aliphatic rings. The summed E-state index contributed by atoms with van der Waals surface area (Å²) in [6.45, 7) is 2.39. The van der Waals surface area contributed by atoms with Crippen molar-refractivity contribution in [2.75, 3.05) is 31.2 Å². The minimum Gasteiger partial charge on any atom is -0.378 e. The van der Waals surface area contributed by atoms with Crippen molar-refractivity contribution in [1.82, 2.24) is 9.97 Å². The van der Waals surface area contributed by atoms with Crippen LogP contribution in [0.5, 0.6) is 0 Å². The van der Waals surface area contributed by atoms with E-state index in [1.54, 1.807) is 0 Å². The summed E-state index contributed by atoms with van der Waals surface area (Å²) in [6.07, 6.45) is 2.54.